The van der Waals surface area contributed by atoms with E-state index in [1.165, 1.54) is 0 Å². The van der Waals surface area contributed by atoms with Gasteiger partial charge in [0.15, 0.2) is 0 Å². The van der Waals surface area contributed by atoms with Crippen molar-refractivity contribution in [3.8, 4) is 0 Å². The second kappa shape index (κ2) is 5.01. The molecule has 0 aromatic carbocycles. The van der Waals surface area contributed by atoms with Crippen LogP contribution in [0.4, 0.5) is 0 Å². The van der Waals surface area contributed by atoms with E-state index in [0.29, 0.717) is 4.16 Å². The molecule has 0 fully saturated rings. The van der Waals surface area contributed by atoms with Crippen molar-refractivity contribution in [1.29, 1.82) is 0 Å². The Morgan fingerprint density at radius 1 is 1.56 bits per heavy atom. The van der Waals surface area contributed by atoms with Gasteiger partial charge in [0.2, 0.25) is 0 Å². The molecule has 0 aliphatic carbocycles. The number of halogens is 4. The summed E-state index contributed by atoms with van der Waals surface area (Å²) in [5.41, 5.74) is 0. The van der Waals surface area contributed by atoms with Crippen LogP contribution < -0.4 is 0 Å². The Kier molecular flexibility index (Phi) is 6.28. The van der Waals surface area contributed by atoms with Crippen molar-refractivity contribution < 1.29 is 0 Å². The summed E-state index contributed by atoms with van der Waals surface area (Å²) < 4.78 is 0.434. The van der Waals surface area contributed by atoms with Gasteiger partial charge in [-0.2, -0.15) is 0 Å². The molecule has 0 saturated heterocycles. The zero-order chi connectivity index (χ0) is 7.49. The molecule has 5 heteroatoms. The number of hydrogen-bond donors (Lipinski definition) is 0. The van der Waals surface area contributed by atoms with E-state index in [9.17, 15) is 0 Å². The number of thioether (sulfide) groups is 1. The van der Waals surface area contributed by atoms with Gasteiger partial charge >= 0.3 is 0 Å². The van der Waals surface area contributed by atoms with E-state index < -0.39 is 0 Å². The molecule has 0 N–H and O–H groups in total. The molecular formula is C4H6Br4S. The third-order valence-electron chi connectivity index (χ3n) is 0.456. The topological polar surface area (TPSA) is 0 Å². The average molecular weight is 406 g/mol. The molecule has 0 nitrogen and oxygen atoms in total. The number of alkyl halides is 4. The summed E-state index contributed by atoms with van der Waals surface area (Å²) in [5.74, 6) is 0. The molecule has 0 aliphatic heterocycles. The highest BCUT2D eigenvalue weighted by Gasteiger charge is 2.19. The Balaban J connectivity index is 3.47. The predicted octanol–water partition coefficient (Wildman–Crippen LogP) is 4.30. The maximum atomic E-state index is 3.47. The second-order valence-corrected chi connectivity index (χ2v) is 10.8. The van der Waals surface area contributed by atoms with Gasteiger partial charge in [-0.05, 0) is 6.92 Å². The van der Waals surface area contributed by atoms with Gasteiger partial charge in [0, 0.05) is 5.33 Å². The lowest BCUT2D eigenvalue weighted by Crippen LogP contribution is -2.04. The van der Waals surface area contributed by atoms with Gasteiger partial charge in [-0.25, -0.2) is 0 Å². The zero-order valence-electron chi connectivity index (χ0n) is 4.70. The highest BCUT2D eigenvalue weighted by atomic mass is 79.9. The van der Waals surface area contributed by atoms with Gasteiger partial charge in [0.1, 0.15) is 2.57 Å². The first-order chi connectivity index (χ1) is 3.95. The monoisotopic (exact) mass is 402 g/mol. The molecule has 0 spiro atoms. The predicted molar refractivity (Wildman–Crippen MR) is 60.4 cm³/mol. The van der Waals surface area contributed by atoms with Gasteiger partial charge in [-0.15, -0.1) is 11.8 Å². The first kappa shape index (κ1) is 11.3. The second-order valence-electron chi connectivity index (χ2n) is 1.49. The minimum atomic E-state index is -0.0120. The van der Waals surface area contributed by atoms with E-state index in [0.717, 1.165) is 5.33 Å². The fourth-order valence-electron chi connectivity index (χ4n) is 0.256. The zero-order valence-corrected chi connectivity index (χ0v) is 11.9. The molecule has 0 aromatic heterocycles. The Morgan fingerprint density at radius 3 is 2.11 bits per heavy atom. The summed E-state index contributed by atoms with van der Waals surface area (Å²) in [6.07, 6.45) is 0. The van der Waals surface area contributed by atoms with Crippen molar-refractivity contribution in [3.05, 3.63) is 0 Å². The van der Waals surface area contributed by atoms with Crippen LogP contribution >= 0.6 is 75.5 Å². The Bertz CT molecular complexity index is 79.1. The van der Waals surface area contributed by atoms with E-state index in [1.807, 2.05) is 0 Å². The summed E-state index contributed by atoms with van der Waals surface area (Å²) in [6.45, 7) is 2.05. The van der Waals surface area contributed by atoms with Crippen molar-refractivity contribution in [3.63, 3.8) is 0 Å². The van der Waals surface area contributed by atoms with Crippen molar-refractivity contribution >= 4 is 75.5 Å². The van der Waals surface area contributed by atoms with Crippen LogP contribution in [-0.4, -0.2) is 12.1 Å². The molecule has 0 rings (SSSR count). The summed E-state index contributed by atoms with van der Waals surface area (Å²) in [5, 5.41) is 0.949. The van der Waals surface area contributed by atoms with Crippen molar-refractivity contribution in [2.45, 2.75) is 13.6 Å². The Hall–Kier alpha value is 2.27. The lowest BCUT2D eigenvalue weighted by Gasteiger charge is -2.15. The van der Waals surface area contributed by atoms with Crippen LogP contribution in [0.25, 0.3) is 0 Å². The van der Waals surface area contributed by atoms with Crippen LogP contribution in [0.15, 0.2) is 0 Å². The van der Waals surface area contributed by atoms with Crippen molar-refractivity contribution in [1.82, 2.24) is 0 Å². The first-order valence-corrected chi connectivity index (χ1v) is 6.71. The molecule has 0 heterocycles. The normalized spacial score (nSPS) is 15.7. The fourth-order valence-corrected chi connectivity index (χ4v) is 5.14. The van der Waals surface area contributed by atoms with Crippen LogP contribution in [0, 0.1) is 0 Å². The Morgan fingerprint density at radius 2 is 2.00 bits per heavy atom. The molecule has 0 amide bonds. The van der Waals surface area contributed by atoms with Gasteiger partial charge in [0.25, 0.3) is 0 Å². The summed E-state index contributed by atoms with van der Waals surface area (Å²) in [7, 11) is 0. The average Bonchev–Trinajstić information content (AvgIpc) is 1.62. The van der Waals surface area contributed by atoms with Crippen LogP contribution in [0.1, 0.15) is 6.92 Å². The molecule has 0 saturated carbocycles. The molecule has 1 unspecified atom stereocenters. The molecule has 0 aliphatic rings. The summed E-state index contributed by atoms with van der Waals surface area (Å²) >= 11 is 15.5. The summed E-state index contributed by atoms with van der Waals surface area (Å²) in [4.78, 5) is 0. The van der Waals surface area contributed by atoms with E-state index in [4.69, 9.17) is 0 Å². The molecule has 1 atom stereocenters. The minimum Gasteiger partial charge on any atom is -0.117 e. The van der Waals surface area contributed by atoms with E-state index in [-0.39, 0.29) is 2.57 Å². The molecule has 56 valence electrons. The molecule has 0 bridgehead atoms. The highest BCUT2D eigenvalue weighted by molar-refractivity contribution is 9.28. The highest BCUT2D eigenvalue weighted by Crippen LogP contribution is 2.42. The van der Waals surface area contributed by atoms with Crippen LogP contribution in [0.5, 0.6) is 0 Å². The largest absolute Gasteiger partial charge is 0.124 e. The third kappa shape index (κ3) is 8.17. The lowest BCUT2D eigenvalue weighted by molar-refractivity contribution is 1.35. The number of hydrogen-bond acceptors (Lipinski definition) is 1. The fraction of sp³-hybridized carbons (Fsp3) is 1.00. The van der Waals surface area contributed by atoms with E-state index in [2.05, 4.69) is 70.6 Å². The molecule has 0 aromatic rings. The maximum absolute atomic E-state index is 3.47. The van der Waals surface area contributed by atoms with Crippen LogP contribution in [-0.2, 0) is 0 Å². The van der Waals surface area contributed by atoms with Crippen molar-refractivity contribution in [2.75, 3.05) is 5.33 Å². The Labute approximate surface area is 93.4 Å². The maximum Gasteiger partial charge on any atom is 0.124 e. The van der Waals surface area contributed by atoms with Crippen molar-refractivity contribution in [2.24, 2.45) is 0 Å². The molecule has 0 radical (unpaired) electrons. The van der Waals surface area contributed by atoms with E-state index in [1.54, 1.807) is 11.8 Å². The minimum absolute atomic E-state index is 0.0120. The number of rotatable bonds is 3. The van der Waals surface area contributed by atoms with Gasteiger partial charge in [-0.3, -0.25) is 0 Å². The quantitative estimate of drug-likeness (QED) is 0.631. The van der Waals surface area contributed by atoms with Gasteiger partial charge < -0.3 is 0 Å². The summed E-state index contributed by atoms with van der Waals surface area (Å²) in [6, 6.07) is 0. The third-order valence-corrected chi connectivity index (χ3v) is 5.24. The molecular weight excluding hydrogens is 400 g/mol. The van der Waals surface area contributed by atoms with Crippen LogP contribution in [0.2, 0.25) is 0 Å². The lowest BCUT2D eigenvalue weighted by atomic mass is 10.9. The standard InChI is InChI=1S/C4H6Br4S/c1-4(7,8)9-3(6)2-5/h3H,2H2,1H3. The van der Waals surface area contributed by atoms with Gasteiger partial charge in [-0.1, -0.05) is 63.7 Å². The van der Waals surface area contributed by atoms with Crippen LogP contribution in [0.3, 0.4) is 0 Å². The first-order valence-electron chi connectivity index (χ1n) is 2.21. The van der Waals surface area contributed by atoms with Gasteiger partial charge in [0.05, 0.1) is 4.16 Å². The smallest absolute Gasteiger partial charge is 0.117 e. The van der Waals surface area contributed by atoms with E-state index >= 15 is 0 Å². The SMILES string of the molecule is CC(Br)(Br)SC(Br)CBr. The molecule has 9 heavy (non-hydrogen) atoms.